The minimum absolute atomic E-state index is 0.0579. The van der Waals surface area contributed by atoms with Crippen LogP contribution in [-0.2, 0) is 0 Å². The van der Waals surface area contributed by atoms with Gasteiger partial charge in [-0.2, -0.15) is 0 Å². The second-order valence-corrected chi connectivity index (χ2v) is 4.09. The van der Waals surface area contributed by atoms with Crippen molar-refractivity contribution in [1.29, 1.82) is 0 Å². The Labute approximate surface area is 99.8 Å². The largest absolute Gasteiger partial charge is 0.383 e. The molecule has 0 spiro atoms. The molecule has 0 saturated carbocycles. The monoisotopic (exact) mass is 239 g/mol. The Balaban J connectivity index is 2.74. The summed E-state index contributed by atoms with van der Waals surface area (Å²) >= 11 is 0. The van der Waals surface area contributed by atoms with E-state index in [4.69, 9.17) is 5.73 Å². The lowest BCUT2D eigenvalue weighted by atomic mass is 10.3. The smallest absolute Gasteiger partial charge is 0.276 e. The number of likely N-dealkylation sites (N-methyl/N-ethyl adjacent to an activating group) is 1. The molecule has 0 aliphatic carbocycles. The summed E-state index contributed by atoms with van der Waals surface area (Å²) < 4.78 is 0. The van der Waals surface area contributed by atoms with Gasteiger partial charge in [-0.15, -0.1) is 0 Å². The van der Waals surface area contributed by atoms with E-state index in [-0.39, 0.29) is 17.5 Å². The van der Waals surface area contributed by atoms with Crippen molar-refractivity contribution < 1.29 is 4.92 Å². The molecule has 17 heavy (non-hydrogen) atoms. The predicted molar refractivity (Wildman–Crippen MR) is 66.9 cm³/mol. The van der Waals surface area contributed by atoms with Crippen LogP contribution in [0.25, 0.3) is 0 Å². The van der Waals surface area contributed by atoms with Crippen LogP contribution in [0.5, 0.6) is 0 Å². The lowest BCUT2D eigenvalue weighted by molar-refractivity contribution is -0.384. The van der Waals surface area contributed by atoms with Gasteiger partial charge in [-0.05, 0) is 21.0 Å². The Bertz CT molecular complexity index is 408. The molecular weight excluding hydrogens is 222 g/mol. The third-order valence-electron chi connectivity index (χ3n) is 2.50. The maximum Gasteiger partial charge on any atom is 0.276 e. The van der Waals surface area contributed by atoms with Crippen LogP contribution in [0.4, 0.5) is 17.3 Å². The first-order valence-corrected chi connectivity index (χ1v) is 5.22. The molecule has 0 bridgehead atoms. The fourth-order valence-electron chi connectivity index (χ4n) is 1.17. The molecule has 1 atom stereocenters. The maximum atomic E-state index is 10.6. The van der Waals surface area contributed by atoms with Gasteiger partial charge in [-0.1, -0.05) is 0 Å². The fourth-order valence-corrected chi connectivity index (χ4v) is 1.17. The van der Waals surface area contributed by atoms with Gasteiger partial charge in [0.25, 0.3) is 5.69 Å². The molecule has 1 heterocycles. The van der Waals surface area contributed by atoms with Crippen molar-refractivity contribution in [2.75, 3.05) is 31.7 Å². The van der Waals surface area contributed by atoms with E-state index in [1.807, 2.05) is 25.9 Å². The molecule has 94 valence electrons. The molecule has 7 nitrogen and oxygen atoms in total. The Hall–Kier alpha value is -1.89. The van der Waals surface area contributed by atoms with Crippen LogP contribution < -0.4 is 11.1 Å². The van der Waals surface area contributed by atoms with Crippen molar-refractivity contribution in [3.05, 3.63) is 22.2 Å². The molecule has 7 heteroatoms. The zero-order valence-corrected chi connectivity index (χ0v) is 10.2. The summed E-state index contributed by atoms with van der Waals surface area (Å²) in [7, 11) is 3.92. The van der Waals surface area contributed by atoms with E-state index in [1.54, 1.807) is 0 Å². The fraction of sp³-hybridized carbons (Fsp3) is 0.500. The number of aromatic nitrogens is 1. The SMILES string of the molecule is CC(CNc1cc([N+](=O)[O-])cc(N)n1)N(C)C. The third kappa shape index (κ3) is 3.87. The molecule has 0 aliphatic rings. The topological polar surface area (TPSA) is 97.3 Å². The standard InChI is InChI=1S/C10H17N5O2/c1-7(14(2)3)6-12-10-5-8(15(16)17)4-9(11)13-10/h4-5,7H,6H2,1-3H3,(H3,11,12,13). The first-order chi connectivity index (χ1) is 7.90. The van der Waals surface area contributed by atoms with Gasteiger partial charge < -0.3 is 16.0 Å². The van der Waals surface area contributed by atoms with E-state index >= 15 is 0 Å². The predicted octanol–water partition coefficient (Wildman–Crippen LogP) is 0.934. The van der Waals surface area contributed by atoms with Crippen LogP contribution >= 0.6 is 0 Å². The number of hydrogen-bond donors (Lipinski definition) is 2. The number of rotatable bonds is 5. The first-order valence-electron chi connectivity index (χ1n) is 5.22. The highest BCUT2D eigenvalue weighted by Crippen LogP contribution is 2.18. The molecule has 1 unspecified atom stereocenters. The van der Waals surface area contributed by atoms with Crippen LogP contribution in [0.15, 0.2) is 12.1 Å². The van der Waals surface area contributed by atoms with Crippen molar-refractivity contribution in [1.82, 2.24) is 9.88 Å². The van der Waals surface area contributed by atoms with E-state index in [0.29, 0.717) is 12.4 Å². The Morgan fingerprint density at radius 1 is 1.59 bits per heavy atom. The zero-order chi connectivity index (χ0) is 13.0. The molecule has 0 saturated heterocycles. The number of pyridine rings is 1. The molecule has 0 amide bonds. The van der Waals surface area contributed by atoms with Gasteiger partial charge in [0.2, 0.25) is 0 Å². The van der Waals surface area contributed by atoms with Gasteiger partial charge in [0.15, 0.2) is 0 Å². The normalized spacial score (nSPS) is 12.5. The highest BCUT2D eigenvalue weighted by Gasteiger charge is 2.10. The summed E-state index contributed by atoms with van der Waals surface area (Å²) in [4.78, 5) is 16.2. The summed E-state index contributed by atoms with van der Waals surface area (Å²) in [5.41, 5.74) is 5.44. The Morgan fingerprint density at radius 2 is 2.24 bits per heavy atom. The van der Waals surface area contributed by atoms with Gasteiger partial charge in [0.1, 0.15) is 11.6 Å². The molecule has 0 aromatic carbocycles. The highest BCUT2D eigenvalue weighted by molar-refractivity contribution is 5.52. The van der Waals surface area contributed by atoms with Crippen LogP contribution in [0.1, 0.15) is 6.92 Å². The van der Waals surface area contributed by atoms with Crippen LogP contribution in [0.3, 0.4) is 0 Å². The van der Waals surface area contributed by atoms with E-state index < -0.39 is 4.92 Å². The van der Waals surface area contributed by atoms with Crippen molar-refractivity contribution >= 4 is 17.3 Å². The van der Waals surface area contributed by atoms with Crippen LogP contribution in [-0.4, -0.2) is 41.5 Å². The van der Waals surface area contributed by atoms with Crippen LogP contribution in [0.2, 0.25) is 0 Å². The van der Waals surface area contributed by atoms with Crippen molar-refractivity contribution in [2.45, 2.75) is 13.0 Å². The van der Waals surface area contributed by atoms with Crippen molar-refractivity contribution in [2.24, 2.45) is 0 Å². The van der Waals surface area contributed by atoms with Gasteiger partial charge in [-0.25, -0.2) is 4.98 Å². The number of nitro groups is 1. The van der Waals surface area contributed by atoms with Crippen molar-refractivity contribution in [3.8, 4) is 0 Å². The number of anilines is 2. The number of nitrogen functional groups attached to an aromatic ring is 1. The minimum Gasteiger partial charge on any atom is -0.383 e. The quantitative estimate of drug-likeness (QED) is 0.586. The number of nitrogens with zero attached hydrogens (tertiary/aromatic N) is 3. The van der Waals surface area contributed by atoms with Gasteiger partial charge in [-0.3, -0.25) is 10.1 Å². The number of nitrogens with one attached hydrogen (secondary N) is 1. The number of nitrogens with two attached hydrogens (primary N) is 1. The Kier molecular flexibility index (Phi) is 4.22. The molecule has 0 radical (unpaired) electrons. The molecule has 1 aromatic rings. The molecule has 0 fully saturated rings. The van der Waals surface area contributed by atoms with E-state index in [1.165, 1.54) is 12.1 Å². The lowest BCUT2D eigenvalue weighted by Gasteiger charge is -2.20. The average molecular weight is 239 g/mol. The van der Waals surface area contributed by atoms with Crippen LogP contribution in [0, 0.1) is 10.1 Å². The van der Waals surface area contributed by atoms with E-state index in [9.17, 15) is 10.1 Å². The van der Waals surface area contributed by atoms with Gasteiger partial charge in [0, 0.05) is 12.6 Å². The van der Waals surface area contributed by atoms with E-state index in [0.717, 1.165) is 0 Å². The second kappa shape index (κ2) is 5.44. The first kappa shape index (κ1) is 13.2. The highest BCUT2D eigenvalue weighted by atomic mass is 16.6. The number of hydrogen-bond acceptors (Lipinski definition) is 6. The average Bonchev–Trinajstić information content (AvgIpc) is 2.24. The second-order valence-electron chi connectivity index (χ2n) is 4.09. The molecule has 1 aromatic heterocycles. The lowest BCUT2D eigenvalue weighted by Crippen LogP contribution is -2.31. The minimum atomic E-state index is -0.488. The summed E-state index contributed by atoms with van der Waals surface area (Å²) in [5, 5.41) is 13.7. The Morgan fingerprint density at radius 3 is 2.76 bits per heavy atom. The molecule has 0 aliphatic heterocycles. The third-order valence-corrected chi connectivity index (χ3v) is 2.50. The molecule has 1 rings (SSSR count). The zero-order valence-electron chi connectivity index (χ0n) is 10.2. The van der Waals surface area contributed by atoms with Crippen molar-refractivity contribution in [3.63, 3.8) is 0 Å². The summed E-state index contributed by atoms with van der Waals surface area (Å²) in [6.45, 7) is 2.67. The summed E-state index contributed by atoms with van der Waals surface area (Å²) in [5.74, 6) is 0.560. The van der Waals surface area contributed by atoms with Gasteiger partial charge >= 0.3 is 0 Å². The molecular formula is C10H17N5O2. The summed E-state index contributed by atoms with van der Waals surface area (Å²) in [6, 6.07) is 2.90. The van der Waals surface area contributed by atoms with E-state index in [2.05, 4.69) is 10.3 Å². The van der Waals surface area contributed by atoms with Gasteiger partial charge in [0.05, 0.1) is 17.1 Å². The summed E-state index contributed by atoms with van der Waals surface area (Å²) in [6.07, 6.45) is 0. The maximum absolute atomic E-state index is 10.6. The molecule has 3 N–H and O–H groups in total.